The van der Waals surface area contributed by atoms with Gasteiger partial charge in [0.25, 0.3) is 5.91 Å². The molecule has 1 aliphatic heterocycles. The second-order valence-corrected chi connectivity index (χ2v) is 6.90. The molecule has 6 heteroatoms. The van der Waals surface area contributed by atoms with Crippen LogP contribution in [0.5, 0.6) is 0 Å². The van der Waals surface area contributed by atoms with Crippen molar-refractivity contribution in [2.45, 2.75) is 30.8 Å². The van der Waals surface area contributed by atoms with Crippen molar-refractivity contribution in [3.63, 3.8) is 0 Å². The number of furan rings is 1. The van der Waals surface area contributed by atoms with E-state index < -0.39 is 12.2 Å². The highest BCUT2D eigenvalue weighted by Crippen LogP contribution is 2.37. The van der Waals surface area contributed by atoms with Crippen molar-refractivity contribution in [2.24, 2.45) is 11.8 Å². The van der Waals surface area contributed by atoms with Crippen LogP contribution in [-0.4, -0.2) is 52.6 Å². The first kappa shape index (κ1) is 14.9. The highest BCUT2D eigenvalue weighted by atomic mass is 32.2. The fourth-order valence-corrected chi connectivity index (χ4v) is 3.88. The molecular weight excluding hydrogens is 290 g/mol. The first-order valence-corrected chi connectivity index (χ1v) is 8.71. The van der Waals surface area contributed by atoms with E-state index in [1.54, 1.807) is 22.7 Å². The third kappa shape index (κ3) is 2.98. The third-order valence-corrected chi connectivity index (χ3v) is 5.13. The fraction of sp³-hybridized carbons (Fsp3) is 0.667. The van der Waals surface area contributed by atoms with Crippen LogP contribution in [0.4, 0.5) is 0 Å². The standard InChI is InChI=1S/C15H21NO4S/c1-21-8-11-2-3-14(20-11)15(19)16-6-9-4-12(17)13(18)5-10(9)7-16/h2-3,9-10,12-13,17-18H,4-8H2,1H3/t9-,10+,12+,13-. The summed E-state index contributed by atoms with van der Waals surface area (Å²) in [5.41, 5.74) is 0. The number of carbonyl (C=O) groups excluding carboxylic acids is 1. The van der Waals surface area contributed by atoms with Crippen LogP contribution < -0.4 is 0 Å². The molecule has 1 aromatic heterocycles. The lowest BCUT2D eigenvalue weighted by molar-refractivity contribution is -0.0372. The highest BCUT2D eigenvalue weighted by molar-refractivity contribution is 7.97. The normalized spacial score (nSPS) is 32.2. The van der Waals surface area contributed by atoms with Gasteiger partial charge in [0.15, 0.2) is 5.76 Å². The van der Waals surface area contributed by atoms with Crippen molar-refractivity contribution in [1.29, 1.82) is 0 Å². The van der Waals surface area contributed by atoms with Gasteiger partial charge in [0.05, 0.1) is 18.0 Å². The number of thioether (sulfide) groups is 1. The summed E-state index contributed by atoms with van der Waals surface area (Å²) in [6.45, 7) is 1.29. The van der Waals surface area contributed by atoms with Gasteiger partial charge in [-0.1, -0.05) is 0 Å². The van der Waals surface area contributed by atoms with Crippen LogP contribution in [0.1, 0.15) is 29.2 Å². The minimum absolute atomic E-state index is 0.0827. The first-order valence-electron chi connectivity index (χ1n) is 7.31. The minimum Gasteiger partial charge on any atom is -0.455 e. The molecule has 0 aromatic carbocycles. The lowest BCUT2D eigenvalue weighted by Crippen LogP contribution is -2.38. The molecule has 1 aliphatic carbocycles. The largest absolute Gasteiger partial charge is 0.455 e. The van der Waals surface area contributed by atoms with Crippen LogP contribution in [-0.2, 0) is 5.75 Å². The minimum atomic E-state index is -0.655. The van der Waals surface area contributed by atoms with E-state index in [1.165, 1.54) is 0 Å². The molecule has 21 heavy (non-hydrogen) atoms. The molecule has 2 heterocycles. The van der Waals surface area contributed by atoms with Crippen molar-refractivity contribution in [3.8, 4) is 0 Å². The summed E-state index contributed by atoms with van der Waals surface area (Å²) in [6.07, 6.45) is 1.83. The molecule has 2 aliphatic rings. The number of rotatable bonds is 3. The predicted octanol–water partition coefficient (Wildman–Crippen LogP) is 1.35. The Morgan fingerprint density at radius 3 is 2.48 bits per heavy atom. The number of aliphatic hydroxyl groups is 2. The number of fused-ring (bicyclic) bond motifs is 1. The molecule has 3 rings (SSSR count). The van der Waals surface area contributed by atoms with E-state index >= 15 is 0 Å². The Bertz CT molecular complexity index is 500. The Morgan fingerprint density at radius 1 is 1.29 bits per heavy atom. The van der Waals surface area contributed by atoms with E-state index in [9.17, 15) is 15.0 Å². The van der Waals surface area contributed by atoms with Gasteiger partial charge in [0, 0.05) is 13.1 Å². The summed E-state index contributed by atoms with van der Waals surface area (Å²) in [7, 11) is 0. The van der Waals surface area contributed by atoms with Crippen molar-refractivity contribution in [1.82, 2.24) is 4.90 Å². The number of carbonyl (C=O) groups is 1. The van der Waals surface area contributed by atoms with Crippen LogP contribution in [0.15, 0.2) is 16.5 Å². The lowest BCUT2D eigenvalue weighted by atomic mass is 9.79. The zero-order valence-electron chi connectivity index (χ0n) is 12.1. The van der Waals surface area contributed by atoms with E-state index in [2.05, 4.69) is 0 Å². The van der Waals surface area contributed by atoms with Gasteiger partial charge < -0.3 is 19.5 Å². The van der Waals surface area contributed by atoms with E-state index in [0.717, 1.165) is 11.5 Å². The SMILES string of the molecule is CSCc1ccc(C(=O)N2C[C@H]3C[C@H](O)[C@H](O)C[C@H]3C2)o1. The molecule has 2 N–H and O–H groups in total. The summed E-state index contributed by atoms with van der Waals surface area (Å²) in [4.78, 5) is 14.3. The average Bonchev–Trinajstić information content (AvgIpc) is 3.06. The van der Waals surface area contributed by atoms with Crippen LogP contribution in [0, 0.1) is 11.8 Å². The van der Waals surface area contributed by atoms with Crippen molar-refractivity contribution >= 4 is 17.7 Å². The molecule has 5 nitrogen and oxygen atoms in total. The second-order valence-electron chi connectivity index (χ2n) is 6.04. The van der Waals surface area contributed by atoms with Gasteiger partial charge in [-0.3, -0.25) is 4.79 Å². The molecule has 0 unspecified atom stereocenters. The molecule has 0 radical (unpaired) electrons. The Balaban J connectivity index is 1.66. The number of amides is 1. The Labute approximate surface area is 128 Å². The van der Waals surface area contributed by atoms with Gasteiger partial charge in [-0.05, 0) is 43.1 Å². The summed E-state index contributed by atoms with van der Waals surface area (Å²) >= 11 is 1.65. The van der Waals surface area contributed by atoms with E-state index in [1.807, 2.05) is 12.3 Å². The zero-order chi connectivity index (χ0) is 15.0. The van der Waals surface area contributed by atoms with Crippen molar-refractivity contribution in [3.05, 3.63) is 23.7 Å². The maximum Gasteiger partial charge on any atom is 0.289 e. The average molecular weight is 311 g/mol. The highest BCUT2D eigenvalue weighted by Gasteiger charge is 2.42. The molecule has 1 aromatic rings. The number of aliphatic hydroxyl groups excluding tert-OH is 2. The first-order chi connectivity index (χ1) is 10.1. The van der Waals surface area contributed by atoms with Crippen LogP contribution in [0.3, 0.4) is 0 Å². The van der Waals surface area contributed by atoms with E-state index in [0.29, 0.717) is 31.7 Å². The molecule has 1 saturated heterocycles. The number of nitrogens with zero attached hydrogens (tertiary/aromatic N) is 1. The Morgan fingerprint density at radius 2 is 1.90 bits per heavy atom. The molecule has 1 saturated carbocycles. The third-order valence-electron chi connectivity index (χ3n) is 4.56. The van der Waals surface area contributed by atoms with Crippen molar-refractivity contribution in [2.75, 3.05) is 19.3 Å². The summed E-state index contributed by atoms with van der Waals surface area (Å²) in [5, 5.41) is 19.5. The number of hydrogen-bond acceptors (Lipinski definition) is 5. The number of hydrogen-bond donors (Lipinski definition) is 2. The van der Waals surface area contributed by atoms with E-state index in [4.69, 9.17) is 4.42 Å². The lowest BCUT2D eigenvalue weighted by Gasteiger charge is -2.31. The Kier molecular flexibility index (Phi) is 4.28. The van der Waals surface area contributed by atoms with Gasteiger partial charge in [-0.2, -0.15) is 11.8 Å². The topological polar surface area (TPSA) is 73.9 Å². The smallest absolute Gasteiger partial charge is 0.289 e. The van der Waals surface area contributed by atoms with Crippen molar-refractivity contribution < 1.29 is 19.4 Å². The zero-order valence-corrected chi connectivity index (χ0v) is 12.9. The monoisotopic (exact) mass is 311 g/mol. The summed E-state index contributed by atoms with van der Waals surface area (Å²) < 4.78 is 5.58. The maximum atomic E-state index is 12.5. The quantitative estimate of drug-likeness (QED) is 0.881. The van der Waals surface area contributed by atoms with Gasteiger partial charge >= 0.3 is 0 Å². The molecule has 0 spiro atoms. The van der Waals surface area contributed by atoms with Gasteiger partial charge in [0.1, 0.15) is 5.76 Å². The Hall–Kier alpha value is -0.980. The molecule has 1 amide bonds. The molecule has 116 valence electrons. The van der Waals surface area contributed by atoms with Gasteiger partial charge in [-0.25, -0.2) is 0 Å². The van der Waals surface area contributed by atoms with Crippen LogP contribution in [0.2, 0.25) is 0 Å². The maximum absolute atomic E-state index is 12.5. The van der Waals surface area contributed by atoms with Crippen LogP contribution >= 0.6 is 11.8 Å². The number of likely N-dealkylation sites (tertiary alicyclic amines) is 1. The summed E-state index contributed by atoms with van der Waals surface area (Å²) in [5.74, 6) is 2.45. The predicted molar refractivity (Wildman–Crippen MR) is 80.1 cm³/mol. The fourth-order valence-electron chi connectivity index (χ4n) is 3.44. The molecule has 0 bridgehead atoms. The van der Waals surface area contributed by atoms with Gasteiger partial charge in [-0.15, -0.1) is 0 Å². The summed E-state index contributed by atoms with van der Waals surface area (Å²) in [6, 6.07) is 3.58. The molecular formula is C15H21NO4S. The van der Waals surface area contributed by atoms with Gasteiger partial charge in [0.2, 0.25) is 0 Å². The molecule has 4 atom stereocenters. The molecule has 2 fully saturated rings. The van der Waals surface area contributed by atoms with E-state index in [-0.39, 0.29) is 17.7 Å². The van der Waals surface area contributed by atoms with Crippen LogP contribution in [0.25, 0.3) is 0 Å². The second kappa shape index (κ2) is 6.02.